The molecule has 0 aliphatic rings. The van der Waals surface area contributed by atoms with E-state index >= 15 is 0 Å². The predicted octanol–water partition coefficient (Wildman–Crippen LogP) is 3.07. The molecule has 3 rings (SSSR count). The standard InChI is InChI=1S/C21H19N3O4/c1-12-9-10-13(15-6-3-2-5-14(12)15)11-23-21(28)24-19(25)18-16(20(26)27)7-4-8-17(18)22/h2-10H,11,22H2,1H3,(H,26,27)(H2,23,24,25,28). The van der Waals surface area contributed by atoms with Crippen molar-refractivity contribution in [3.8, 4) is 0 Å². The molecular weight excluding hydrogens is 358 g/mol. The van der Waals surface area contributed by atoms with Gasteiger partial charge in [-0.2, -0.15) is 0 Å². The number of hydrogen-bond acceptors (Lipinski definition) is 4. The van der Waals surface area contributed by atoms with Crippen molar-refractivity contribution in [2.24, 2.45) is 0 Å². The van der Waals surface area contributed by atoms with Gasteiger partial charge in [0.1, 0.15) is 0 Å². The molecule has 0 spiro atoms. The lowest BCUT2D eigenvalue weighted by atomic mass is 10.0. The van der Waals surface area contributed by atoms with E-state index in [1.54, 1.807) is 0 Å². The third-order valence-electron chi connectivity index (χ3n) is 4.45. The summed E-state index contributed by atoms with van der Waals surface area (Å²) in [5.41, 5.74) is 7.21. The second kappa shape index (κ2) is 7.79. The van der Waals surface area contributed by atoms with Crippen molar-refractivity contribution in [1.82, 2.24) is 10.6 Å². The van der Waals surface area contributed by atoms with Gasteiger partial charge in [-0.25, -0.2) is 9.59 Å². The van der Waals surface area contributed by atoms with Crippen molar-refractivity contribution < 1.29 is 19.5 Å². The van der Waals surface area contributed by atoms with E-state index in [9.17, 15) is 19.5 Å². The van der Waals surface area contributed by atoms with E-state index in [-0.39, 0.29) is 23.4 Å². The van der Waals surface area contributed by atoms with Crippen LogP contribution in [-0.2, 0) is 6.54 Å². The van der Waals surface area contributed by atoms with E-state index in [1.165, 1.54) is 18.2 Å². The van der Waals surface area contributed by atoms with Gasteiger partial charge in [0, 0.05) is 12.2 Å². The Hall–Kier alpha value is -3.87. The summed E-state index contributed by atoms with van der Waals surface area (Å²) in [4.78, 5) is 35.8. The molecule has 0 saturated heterocycles. The molecule has 0 aliphatic heterocycles. The van der Waals surface area contributed by atoms with Crippen molar-refractivity contribution in [2.75, 3.05) is 5.73 Å². The number of carboxylic acid groups (broad SMARTS) is 1. The first-order valence-electron chi connectivity index (χ1n) is 8.56. The van der Waals surface area contributed by atoms with Gasteiger partial charge < -0.3 is 16.2 Å². The van der Waals surface area contributed by atoms with Crippen molar-refractivity contribution >= 4 is 34.4 Å². The predicted molar refractivity (Wildman–Crippen MR) is 106 cm³/mol. The van der Waals surface area contributed by atoms with Gasteiger partial charge in [0.05, 0.1) is 11.1 Å². The van der Waals surface area contributed by atoms with Crippen LogP contribution in [0.5, 0.6) is 0 Å². The molecule has 0 unspecified atom stereocenters. The molecule has 0 heterocycles. The summed E-state index contributed by atoms with van der Waals surface area (Å²) in [6.07, 6.45) is 0. The number of carboxylic acids is 1. The first-order valence-corrected chi connectivity index (χ1v) is 8.56. The molecular formula is C21H19N3O4. The highest BCUT2D eigenvalue weighted by atomic mass is 16.4. The van der Waals surface area contributed by atoms with Crippen molar-refractivity contribution in [3.05, 3.63) is 76.9 Å². The van der Waals surface area contributed by atoms with Crippen LogP contribution in [0, 0.1) is 6.92 Å². The van der Waals surface area contributed by atoms with Gasteiger partial charge in [0.15, 0.2) is 0 Å². The number of hydrogen-bond donors (Lipinski definition) is 4. The minimum Gasteiger partial charge on any atom is -0.478 e. The fraction of sp³-hybridized carbons (Fsp3) is 0.0952. The fourth-order valence-electron chi connectivity index (χ4n) is 3.05. The largest absolute Gasteiger partial charge is 0.478 e. The number of fused-ring (bicyclic) bond motifs is 1. The maximum Gasteiger partial charge on any atom is 0.336 e. The molecule has 142 valence electrons. The molecule has 0 aliphatic carbocycles. The van der Waals surface area contributed by atoms with Gasteiger partial charge in [-0.15, -0.1) is 0 Å². The molecule has 3 aromatic rings. The molecule has 3 amide bonds. The average molecular weight is 377 g/mol. The zero-order chi connectivity index (χ0) is 20.3. The SMILES string of the molecule is Cc1ccc(CNC(=O)NC(=O)c2c(N)cccc2C(=O)O)c2ccccc12. The number of aromatic carboxylic acids is 1. The number of nitrogens with two attached hydrogens (primary N) is 1. The van der Waals surface area contributed by atoms with Crippen LogP contribution in [0.3, 0.4) is 0 Å². The minimum atomic E-state index is -1.30. The van der Waals surface area contributed by atoms with Crippen molar-refractivity contribution in [3.63, 3.8) is 0 Å². The number of nitrogens with one attached hydrogen (secondary N) is 2. The summed E-state index contributed by atoms with van der Waals surface area (Å²) >= 11 is 0. The van der Waals surface area contributed by atoms with Crippen LogP contribution in [0.2, 0.25) is 0 Å². The summed E-state index contributed by atoms with van der Waals surface area (Å²) in [7, 11) is 0. The molecule has 0 aromatic heterocycles. The lowest BCUT2D eigenvalue weighted by molar-refractivity contribution is 0.0691. The second-order valence-electron chi connectivity index (χ2n) is 6.30. The Morgan fingerprint density at radius 2 is 1.68 bits per heavy atom. The molecule has 7 nitrogen and oxygen atoms in total. The van der Waals surface area contributed by atoms with E-state index in [1.807, 2.05) is 43.3 Å². The Balaban J connectivity index is 1.73. The number of anilines is 1. The Morgan fingerprint density at radius 3 is 2.39 bits per heavy atom. The highest BCUT2D eigenvalue weighted by Crippen LogP contribution is 2.22. The summed E-state index contributed by atoms with van der Waals surface area (Å²) in [6, 6.07) is 15.1. The topological polar surface area (TPSA) is 122 Å². The molecule has 0 bridgehead atoms. The molecule has 0 radical (unpaired) electrons. The number of imide groups is 1. The average Bonchev–Trinajstić information content (AvgIpc) is 2.67. The van der Waals surface area contributed by atoms with Crippen LogP contribution in [-0.4, -0.2) is 23.0 Å². The highest BCUT2D eigenvalue weighted by Gasteiger charge is 2.21. The van der Waals surface area contributed by atoms with Gasteiger partial charge in [-0.1, -0.05) is 42.5 Å². The molecule has 0 fully saturated rings. The van der Waals surface area contributed by atoms with Crippen LogP contribution >= 0.6 is 0 Å². The number of urea groups is 1. The Labute approximate surface area is 161 Å². The number of benzene rings is 3. The van der Waals surface area contributed by atoms with Gasteiger partial charge >= 0.3 is 12.0 Å². The van der Waals surface area contributed by atoms with E-state index in [2.05, 4.69) is 10.6 Å². The second-order valence-corrected chi connectivity index (χ2v) is 6.30. The zero-order valence-electron chi connectivity index (χ0n) is 15.2. The van der Waals surface area contributed by atoms with E-state index in [4.69, 9.17) is 5.73 Å². The lowest BCUT2D eigenvalue weighted by Gasteiger charge is -2.12. The molecule has 3 aromatic carbocycles. The monoisotopic (exact) mass is 377 g/mol. The van der Waals surface area contributed by atoms with Gasteiger partial charge in [0.2, 0.25) is 0 Å². The Morgan fingerprint density at radius 1 is 0.964 bits per heavy atom. The number of carbonyl (C=O) groups is 3. The quantitative estimate of drug-likeness (QED) is 0.521. The maximum absolute atomic E-state index is 12.4. The molecule has 0 saturated carbocycles. The summed E-state index contributed by atoms with van der Waals surface area (Å²) in [5, 5.41) is 16.1. The van der Waals surface area contributed by atoms with E-state index in [0.29, 0.717) is 0 Å². The molecule has 5 N–H and O–H groups in total. The first-order chi connectivity index (χ1) is 13.4. The highest BCUT2D eigenvalue weighted by molar-refractivity contribution is 6.13. The zero-order valence-corrected chi connectivity index (χ0v) is 15.2. The third kappa shape index (κ3) is 3.78. The van der Waals surface area contributed by atoms with Crippen molar-refractivity contribution in [1.29, 1.82) is 0 Å². The van der Waals surface area contributed by atoms with E-state index in [0.717, 1.165) is 21.9 Å². The third-order valence-corrected chi connectivity index (χ3v) is 4.45. The van der Waals surface area contributed by atoms with Gasteiger partial charge in [0.25, 0.3) is 5.91 Å². The van der Waals surface area contributed by atoms with Crippen LogP contribution in [0.4, 0.5) is 10.5 Å². The Kier molecular flexibility index (Phi) is 5.26. The van der Waals surface area contributed by atoms with Crippen LogP contribution in [0.25, 0.3) is 10.8 Å². The molecule has 0 atom stereocenters. The van der Waals surface area contributed by atoms with Crippen LogP contribution in [0.1, 0.15) is 31.8 Å². The van der Waals surface area contributed by atoms with Crippen LogP contribution in [0.15, 0.2) is 54.6 Å². The van der Waals surface area contributed by atoms with E-state index < -0.39 is 17.9 Å². The fourth-order valence-corrected chi connectivity index (χ4v) is 3.05. The first kappa shape index (κ1) is 18.9. The van der Waals surface area contributed by atoms with Crippen LogP contribution < -0.4 is 16.4 Å². The number of carbonyl (C=O) groups excluding carboxylic acids is 2. The summed E-state index contributed by atoms with van der Waals surface area (Å²) < 4.78 is 0. The molecule has 28 heavy (non-hydrogen) atoms. The number of amides is 3. The number of aryl methyl sites for hydroxylation is 1. The minimum absolute atomic E-state index is 0.0188. The summed E-state index contributed by atoms with van der Waals surface area (Å²) in [5.74, 6) is -2.18. The molecule has 7 heteroatoms. The smallest absolute Gasteiger partial charge is 0.336 e. The number of nitrogen functional groups attached to an aromatic ring is 1. The Bertz CT molecular complexity index is 1090. The van der Waals surface area contributed by atoms with Crippen molar-refractivity contribution in [2.45, 2.75) is 13.5 Å². The van der Waals surface area contributed by atoms with Gasteiger partial charge in [-0.05, 0) is 41.0 Å². The maximum atomic E-state index is 12.4. The van der Waals surface area contributed by atoms with Gasteiger partial charge in [-0.3, -0.25) is 10.1 Å². The summed E-state index contributed by atoms with van der Waals surface area (Å²) in [6.45, 7) is 2.21. The lowest BCUT2D eigenvalue weighted by Crippen LogP contribution is -2.40. The number of rotatable bonds is 4. The normalized spacial score (nSPS) is 10.5.